The van der Waals surface area contributed by atoms with Crippen LogP contribution >= 0.6 is 0 Å². The maximum atomic E-state index is 11.8. The lowest BCUT2D eigenvalue weighted by atomic mass is 9.75. The van der Waals surface area contributed by atoms with Gasteiger partial charge in [0.15, 0.2) is 0 Å². The van der Waals surface area contributed by atoms with Gasteiger partial charge < -0.3 is 15.6 Å². The maximum Gasteiger partial charge on any atom is 0.311 e. The van der Waals surface area contributed by atoms with Crippen LogP contribution < -0.4 is 5.73 Å². The first kappa shape index (κ1) is 15.8. The predicted octanol–water partition coefficient (Wildman–Crippen LogP) is 2.94. The SMILES string of the molecule is CC(C)CC(CN)(CC1CCC2(CCCC2)O1)C(=O)O. The minimum absolute atomic E-state index is 0.0708. The number of hydrogen-bond acceptors (Lipinski definition) is 3. The van der Waals surface area contributed by atoms with Crippen LogP contribution in [0.25, 0.3) is 0 Å². The Morgan fingerprint density at radius 3 is 2.55 bits per heavy atom. The van der Waals surface area contributed by atoms with Crippen LogP contribution in [-0.2, 0) is 9.53 Å². The first-order chi connectivity index (χ1) is 9.41. The summed E-state index contributed by atoms with van der Waals surface area (Å²) in [6.45, 7) is 4.32. The molecule has 0 bridgehead atoms. The van der Waals surface area contributed by atoms with E-state index in [2.05, 4.69) is 13.8 Å². The van der Waals surface area contributed by atoms with Gasteiger partial charge >= 0.3 is 5.97 Å². The summed E-state index contributed by atoms with van der Waals surface area (Å²) in [5.74, 6) is -0.429. The van der Waals surface area contributed by atoms with Gasteiger partial charge in [0.25, 0.3) is 0 Å². The molecule has 0 aromatic heterocycles. The van der Waals surface area contributed by atoms with Crippen LogP contribution in [0.2, 0.25) is 0 Å². The van der Waals surface area contributed by atoms with E-state index in [9.17, 15) is 9.90 Å². The van der Waals surface area contributed by atoms with Crippen molar-refractivity contribution in [3.8, 4) is 0 Å². The predicted molar refractivity (Wildman–Crippen MR) is 78.5 cm³/mol. The van der Waals surface area contributed by atoms with Crippen molar-refractivity contribution >= 4 is 5.97 Å². The van der Waals surface area contributed by atoms with Crippen LogP contribution in [0.3, 0.4) is 0 Å². The number of ether oxygens (including phenoxy) is 1. The molecule has 2 aliphatic rings. The third-order valence-corrected chi connectivity index (χ3v) is 5.12. The highest BCUT2D eigenvalue weighted by Gasteiger charge is 2.47. The molecule has 0 aromatic rings. The monoisotopic (exact) mass is 283 g/mol. The quantitative estimate of drug-likeness (QED) is 0.786. The van der Waals surface area contributed by atoms with Crippen molar-refractivity contribution in [1.29, 1.82) is 0 Å². The maximum absolute atomic E-state index is 11.8. The lowest BCUT2D eigenvalue weighted by Gasteiger charge is -2.33. The molecule has 0 radical (unpaired) electrons. The van der Waals surface area contributed by atoms with Crippen molar-refractivity contribution in [2.75, 3.05) is 6.54 Å². The third-order valence-electron chi connectivity index (χ3n) is 5.12. The van der Waals surface area contributed by atoms with Gasteiger partial charge in [-0.05, 0) is 44.4 Å². The number of carbonyl (C=O) groups is 1. The molecule has 0 amide bonds. The summed E-state index contributed by atoms with van der Waals surface area (Å²) >= 11 is 0. The van der Waals surface area contributed by atoms with E-state index >= 15 is 0 Å². The Morgan fingerprint density at radius 2 is 2.05 bits per heavy atom. The Hall–Kier alpha value is -0.610. The molecule has 2 unspecified atom stereocenters. The molecule has 1 heterocycles. The van der Waals surface area contributed by atoms with Crippen LogP contribution in [0.5, 0.6) is 0 Å². The summed E-state index contributed by atoms with van der Waals surface area (Å²) in [6.07, 6.45) is 8.16. The molecule has 2 atom stereocenters. The molecule has 3 N–H and O–H groups in total. The second kappa shape index (κ2) is 6.02. The van der Waals surface area contributed by atoms with E-state index in [1.54, 1.807) is 0 Å². The molecule has 1 spiro atoms. The fraction of sp³-hybridized carbons (Fsp3) is 0.938. The van der Waals surface area contributed by atoms with E-state index < -0.39 is 11.4 Å². The molecule has 2 fully saturated rings. The zero-order chi connectivity index (χ0) is 14.8. The van der Waals surface area contributed by atoms with Crippen molar-refractivity contribution in [2.45, 2.75) is 76.9 Å². The standard InChI is InChI=1S/C16H29NO3/c1-12(2)9-15(11-17,14(18)19)10-13-5-8-16(20-13)6-3-4-7-16/h12-13H,3-11,17H2,1-2H3,(H,18,19). The fourth-order valence-corrected chi connectivity index (χ4v) is 4.16. The van der Waals surface area contributed by atoms with Gasteiger partial charge in [0.1, 0.15) is 0 Å². The second-order valence-electron chi connectivity index (χ2n) is 7.26. The Morgan fingerprint density at radius 1 is 1.40 bits per heavy atom. The fourth-order valence-electron chi connectivity index (χ4n) is 4.16. The zero-order valence-electron chi connectivity index (χ0n) is 12.9. The van der Waals surface area contributed by atoms with Crippen LogP contribution in [0.15, 0.2) is 0 Å². The number of rotatable bonds is 6. The van der Waals surface area contributed by atoms with Gasteiger partial charge in [0.05, 0.1) is 17.1 Å². The Balaban J connectivity index is 2.03. The van der Waals surface area contributed by atoms with E-state index in [-0.39, 0.29) is 18.2 Å². The summed E-state index contributed by atoms with van der Waals surface area (Å²) in [4.78, 5) is 11.8. The molecule has 4 nitrogen and oxygen atoms in total. The molecule has 1 saturated heterocycles. The average molecular weight is 283 g/mol. The molecular weight excluding hydrogens is 254 g/mol. The molecule has 116 valence electrons. The van der Waals surface area contributed by atoms with Crippen molar-refractivity contribution in [1.82, 2.24) is 0 Å². The molecule has 0 aromatic carbocycles. The van der Waals surface area contributed by atoms with Gasteiger partial charge in [-0.2, -0.15) is 0 Å². The Labute approximate surface area is 122 Å². The number of carboxylic acid groups (broad SMARTS) is 1. The summed E-state index contributed by atoms with van der Waals surface area (Å²) in [6, 6.07) is 0. The van der Waals surface area contributed by atoms with Crippen LogP contribution in [0.4, 0.5) is 0 Å². The molecule has 1 aliphatic carbocycles. The summed E-state index contributed by atoms with van der Waals surface area (Å²) in [5.41, 5.74) is 5.10. The van der Waals surface area contributed by atoms with Crippen molar-refractivity contribution in [3.63, 3.8) is 0 Å². The highest BCUT2D eigenvalue weighted by molar-refractivity contribution is 5.75. The van der Waals surface area contributed by atoms with Gasteiger partial charge in [-0.15, -0.1) is 0 Å². The smallest absolute Gasteiger partial charge is 0.311 e. The van der Waals surface area contributed by atoms with E-state index in [0.29, 0.717) is 18.8 Å². The second-order valence-corrected chi connectivity index (χ2v) is 7.26. The van der Waals surface area contributed by atoms with Gasteiger partial charge in [0, 0.05) is 6.54 Å². The van der Waals surface area contributed by atoms with Crippen LogP contribution in [0, 0.1) is 11.3 Å². The van der Waals surface area contributed by atoms with Crippen molar-refractivity contribution in [2.24, 2.45) is 17.1 Å². The van der Waals surface area contributed by atoms with E-state index in [1.165, 1.54) is 12.8 Å². The number of nitrogens with two attached hydrogens (primary N) is 1. The number of hydrogen-bond donors (Lipinski definition) is 2. The van der Waals surface area contributed by atoms with Gasteiger partial charge in [-0.25, -0.2) is 0 Å². The van der Waals surface area contributed by atoms with E-state index in [1.807, 2.05) is 0 Å². The average Bonchev–Trinajstić information content (AvgIpc) is 2.98. The zero-order valence-corrected chi connectivity index (χ0v) is 12.9. The molecule has 20 heavy (non-hydrogen) atoms. The summed E-state index contributed by atoms with van der Waals surface area (Å²) in [5, 5.41) is 9.65. The summed E-state index contributed by atoms with van der Waals surface area (Å²) < 4.78 is 6.28. The molecule has 2 rings (SSSR count). The van der Waals surface area contributed by atoms with Gasteiger partial charge in [0.2, 0.25) is 0 Å². The molecule has 1 aliphatic heterocycles. The first-order valence-corrected chi connectivity index (χ1v) is 8.03. The largest absolute Gasteiger partial charge is 0.481 e. The highest BCUT2D eigenvalue weighted by Crippen LogP contribution is 2.46. The summed E-state index contributed by atoms with van der Waals surface area (Å²) in [7, 11) is 0. The minimum atomic E-state index is -0.817. The normalized spacial score (nSPS) is 28.1. The number of carboxylic acids is 1. The van der Waals surface area contributed by atoms with Crippen LogP contribution in [0.1, 0.15) is 65.2 Å². The Kier molecular flexibility index (Phi) is 4.75. The molecular formula is C16H29NO3. The van der Waals surface area contributed by atoms with Gasteiger partial charge in [-0.3, -0.25) is 4.79 Å². The lowest BCUT2D eigenvalue weighted by Crippen LogP contribution is -2.43. The van der Waals surface area contributed by atoms with Gasteiger partial charge in [-0.1, -0.05) is 26.7 Å². The Bertz CT molecular complexity index is 350. The topological polar surface area (TPSA) is 72.5 Å². The van der Waals surface area contributed by atoms with E-state index in [4.69, 9.17) is 10.5 Å². The third kappa shape index (κ3) is 3.17. The van der Waals surface area contributed by atoms with Crippen LogP contribution in [-0.4, -0.2) is 29.3 Å². The first-order valence-electron chi connectivity index (χ1n) is 8.03. The highest BCUT2D eigenvalue weighted by atomic mass is 16.5. The lowest BCUT2D eigenvalue weighted by molar-refractivity contribution is -0.153. The number of aliphatic carboxylic acids is 1. The van der Waals surface area contributed by atoms with E-state index in [0.717, 1.165) is 25.7 Å². The molecule has 4 heteroatoms. The van der Waals surface area contributed by atoms with Crippen molar-refractivity contribution < 1.29 is 14.6 Å². The minimum Gasteiger partial charge on any atom is -0.481 e. The van der Waals surface area contributed by atoms with Crippen molar-refractivity contribution in [3.05, 3.63) is 0 Å². The molecule has 1 saturated carbocycles.